The lowest BCUT2D eigenvalue weighted by Gasteiger charge is -2.21. The number of hydrogen-bond acceptors (Lipinski definition) is 6. The standard InChI is InChI=1S/C17H18N4O2S/c1-11-9-15(20-23-11)19-16(22)10-21-8-4-6-13(21)17-18-12-5-2-3-7-14(12)24-17/h2-3,5,7,9,13H,4,6,8,10H2,1H3,(H,19,20,22)/t13-/m0/s1. The molecule has 1 N–H and O–H groups in total. The summed E-state index contributed by atoms with van der Waals surface area (Å²) in [6.07, 6.45) is 2.12. The molecular formula is C17H18N4O2S. The van der Waals surface area contributed by atoms with Crippen molar-refractivity contribution in [3.63, 3.8) is 0 Å². The fraction of sp³-hybridized carbons (Fsp3) is 0.353. The van der Waals surface area contributed by atoms with E-state index in [0.29, 0.717) is 18.1 Å². The number of aryl methyl sites for hydroxylation is 1. The minimum absolute atomic E-state index is 0.0729. The second-order valence-corrected chi connectivity index (χ2v) is 7.08. The predicted octanol–water partition coefficient (Wildman–Crippen LogP) is 3.37. The summed E-state index contributed by atoms with van der Waals surface area (Å²) in [5, 5.41) is 7.68. The van der Waals surface area contributed by atoms with E-state index in [-0.39, 0.29) is 11.9 Å². The topological polar surface area (TPSA) is 71.3 Å². The Labute approximate surface area is 143 Å². The van der Waals surface area contributed by atoms with Crippen LogP contribution in [0.3, 0.4) is 0 Å². The molecule has 0 unspecified atom stereocenters. The Balaban J connectivity index is 1.47. The van der Waals surface area contributed by atoms with Crippen LogP contribution in [0.1, 0.15) is 29.7 Å². The maximum atomic E-state index is 12.3. The largest absolute Gasteiger partial charge is 0.360 e. The van der Waals surface area contributed by atoms with Gasteiger partial charge >= 0.3 is 0 Å². The van der Waals surface area contributed by atoms with Crippen LogP contribution in [0, 0.1) is 6.92 Å². The molecule has 1 saturated heterocycles. The smallest absolute Gasteiger partial charge is 0.239 e. The summed E-state index contributed by atoms with van der Waals surface area (Å²) in [6.45, 7) is 3.05. The quantitative estimate of drug-likeness (QED) is 0.787. The minimum atomic E-state index is -0.0729. The highest BCUT2D eigenvalue weighted by Gasteiger charge is 2.30. The van der Waals surface area contributed by atoms with Gasteiger partial charge in [-0.3, -0.25) is 9.69 Å². The normalized spacial score (nSPS) is 18.3. The first-order chi connectivity index (χ1) is 11.7. The van der Waals surface area contributed by atoms with Gasteiger partial charge in [0.05, 0.1) is 22.8 Å². The molecule has 1 atom stereocenters. The molecule has 0 radical (unpaired) electrons. The Kier molecular flexibility index (Phi) is 4.03. The molecule has 0 saturated carbocycles. The van der Waals surface area contributed by atoms with Gasteiger partial charge in [-0.15, -0.1) is 11.3 Å². The Bertz CT molecular complexity index is 839. The molecule has 1 aliphatic rings. The van der Waals surface area contributed by atoms with Crippen molar-refractivity contribution in [1.29, 1.82) is 0 Å². The van der Waals surface area contributed by atoms with E-state index in [4.69, 9.17) is 9.51 Å². The van der Waals surface area contributed by atoms with Crippen LogP contribution in [-0.2, 0) is 4.79 Å². The number of fused-ring (bicyclic) bond motifs is 1. The number of amides is 1. The highest BCUT2D eigenvalue weighted by molar-refractivity contribution is 7.18. The van der Waals surface area contributed by atoms with E-state index in [2.05, 4.69) is 21.4 Å². The lowest BCUT2D eigenvalue weighted by Crippen LogP contribution is -2.33. The number of rotatable bonds is 4. The molecule has 1 aliphatic heterocycles. The molecule has 0 spiro atoms. The van der Waals surface area contributed by atoms with Gasteiger partial charge in [0.2, 0.25) is 5.91 Å². The highest BCUT2D eigenvalue weighted by atomic mass is 32.1. The van der Waals surface area contributed by atoms with Crippen LogP contribution in [0.25, 0.3) is 10.2 Å². The van der Waals surface area contributed by atoms with E-state index >= 15 is 0 Å². The molecular weight excluding hydrogens is 324 g/mol. The summed E-state index contributed by atoms with van der Waals surface area (Å²) < 4.78 is 6.17. The van der Waals surface area contributed by atoms with Gasteiger partial charge in [-0.1, -0.05) is 17.3 Å². The van der Waals surface area contributed by atoms with Gasteiger partial charge in [0, 0.05) is 6.07 Å². The van der Waals surface area contributed by atoms with Crippen molar-refractivity contribution in [2.24, 2.45) is 0 Å². The molecule has 1 fully saturated rings. The molecule has 1 amide bonds. The molecule has 3 aromatic rings. The first kappa shape index (κ1) is 15.3. The van der Waals surface area contributed by atoms with E-state index in [0.717, 1.165) is 29.9 Å². The molecule has 124 valence electrons. The van der Waals surface area contributed by atoms with Crippen LogP contribution in [0.4, 0.5) is 5.82 Å². The molecule has 4 rings (SSSR count). The fourth-order valence-electron chi connectivity index (χ4n) is 3.12. The lowest BCUT2D eigenvalue weighted by molar-refractivity contribution is -0.117. The molecule has 6 nitrogen and oxygen atoms in total. The number of carbonyl (C=O) groups excluding carboxylic acids is 1. The maximum Gasteiger partial charge on any atom is 0.239 e. The third kappa shape index (κ3) is 3.05. The Morgan fingerprint density at radius 3 is 3.12 bits per heavy atom. The zero-order valence-electron chi connectivity index (χ0n) is 13.4. The van der Waals surface area contributed by atoms with Gasteiger partial charge in [0.1, 0.15) is 10.8 Å². The van der Waals surface area contributed by atoms with Gasteiger partial charge in [-0.2, -0.15) is 0 Å². The van der Waals surface area contributed by atoms with E-state index in [9.17, 15) is 4.79 Å². The van der Waals surface area contributed by atoms with Gasteiger partial charge in [-0.25, -0.2) is 4.98 Å². The van der Waals surface area contributed by atoms with Crippen LogP contribution in [0.15, 0.2) is 34.9 Å². The summed E-state index contributed by atoms with van der Waals surface area (Å²) in [5.41, 5.74) is 1.03. The summed E-state index contributed by atoms with van der Waals surface area (Å²) in [5.74, 6) is 1.07. The van der Waals surface area contributed by atoms with Crippen molar-refractivity contribution >= 4 is 33.3 Å². The van der Waals surface area contributed by atoms with E-state index in [1.807, 2.05) is 18.2 Å². The summed E-state index contributed by atoms with van der Waals surface area (Å²) in [4.78, 5) is 19.2. The molecule has 2 aromatic heterocycles. The van der Waals surface area contributed by atoms with Crippen molar-refractivity contribution in [2.75, 3.05) is 18.4 Å². The summed E-state index contributed by atoms with van der Waals surface area (Å²) in [6, 6.07) is 10.1. The molecule has 7 heteroatoms. The number of likely N-dealkylation sites (tertiary alicyclic amines) is 1. The number of nitrogens with zero attached hydrogens (tertiary/aromatic N) is 3. The van der Waals surface area contributed by atoms with Crippen LogP contribution in [-0.4, -0.2) is 34.0 Å². The second-order valence-electron chi connectivity index (χ2n) is 6.02. The molecule has 24 heavy (non-hydrogen) atoms. The van der Waals surface area contributed by atoms with Crippen molar-refractivity contribution in [3.05, 3.63) is 41.1 Å². The molecule has 0 aliphatic carbocycles. The first-order valence-corrected chi connectivity index (χ1v) is 8.83. The number of aromatic nitrogens is 2. The second kappa shape index (κ2) is 6.33. The Hall–Kier alpha value is -2.25. The van der Waals surface area contributed by atoms with Crippen molar-refractivity contribution < 1.29 is 9.32 Å². The fourth-order valence-corrected chi connectivity index (χ4v) is 4.26. The van der Waals surface area contributed by atoms with E-state index < -0.39 is 0 Å². The van der Waals surface area contributed by atoms with Crippen molar-refractivity contribution in [1.82, 2.24) is 15.0 Å². The third-order valence-electron chi connectivity index (χ3n) is 4.20. The Morgan fingerprint density at radius 2 is 2.33 bits per heavy atom. The average Bonchev–Trinajstić information content (AvgIpc) is 3.26. The third-order valence-corrected chi connectivity index (χ3v) is 5.34. The van der Waals surface area contributed by atoms with Crippen LogP contribution >= 0.6 is 11.3 Å². The number of nitrogens with one attached hydrogen (secondary N) is 1. The van der Waals surface area contributed by atoms with Crippen LogP contribution in [0.2, 0.25) is 0 Å². The first-order valence-electron chi connectivity index (χ1n) is 8.02. The number of benzene rings is 1. The SMILES string of the molecule is Cc1cc(NC(=O)CN2CCC[C@H]2c2nc3ccccc3s2)no1. The summed E-state index contributed by atoms with van der Waals surface area (Å²) >= 11 is 1.72. The molecule has 1 aromatic carbocycles. The number of carbonyl (C=O) groups is 1. The number of hydrogen-bond donors (Lipinski definition) is 1. The van der Waals surface area contributed by atoms with Gasteiger partial charge < -0.3 is 9.84 Å². The maximum absolute atomic E-state index is 12.3. The number of para-hydroxylation sites is 1. The van der Waals surface area contributed by atoms with Gasteiger partial charge in [0.25, 0.3) is 0 Å². The Morgan fingerprint density at radius 1 is 1.46 bits per heavy atom. The van der Waals surface area contributed by atoms with Gasteiger partial charge in [0.15, 0.2) is 5.82 Å². The highest BCUT2D eigenvalue weighted by Crippen LogP contribution is 2.36. The minimum Gasteiger partial charge on any atom is -0.360 e. The van der Waals surface area contributed by atoms with Crippen molar-refractivity contribution in [2.45, 2.75) is 25.8 Å². The van der Waals surface area contributed by atoms with Crippen molar-refractivity contribution in [3.8, 4) is 0 Å². The number of anilines is 1. The van der Waals surface area contributed by atoms with Crippen LogP contribution in [0.5, 0.6) is 0 Å². The lowest BCUT2D eigenvalue weighted by atomic mass is 10.2. The summed E-state index contributed by atoms with van der Waals surface area (Å²) in [7, 11) is 0. The predicted molar refractivity (Wildman–Crippen MR) is 93.0 cm³/mol. The molecule has 0 bridgehead atoms. The zero-order valence-corrected chi connectivity index (χ0v) is 14.2. The number of thiazole rings is 1. The van der Waals surface area contributed by atoms with E-state index in [1.54, 1.807) is 24.3 Å². The van der Waals surface area contributed by atoms with Gasteiger partial charge in [-0.05, 0) is 38.4 Å². The van der Waals surface area contributed by atoms with Crippen LogP contribution < -0.4 is 5.32 Å². The zero-order chi connectivity index (χ0) is 16.5. The average molecular weight is 342 g/mol. The monoisotopic (exact) mass is 342 g/mol. The molecule has 3 heterocycles. The van der Waals surface area contributed by atoms with E-state index in [1.165, 1.54) is 4.70 Å².